The minimum absolute atomic E-state index is 0.107. The molecule has 11 nitrogen and oxygen atoms in total. The Hall–Kier alpha value is -4.00. The third-order valence-corrected chi connectivity index (χ3v) is 8.10. The average molecular weight is 536 g/mol. The van der Waals surface area contributed by atoms with E-state index in [0.717, 1.165) is 12.2 Å². The number of alkyl halides is 2. The second kappa shape index (κ2) is 8.50. The normalized spacial score (nSPS) is 19.4. The van der Waals surface area contributed by atoms with E-state index in [1.54, 1.807) is 34.7 Å². The lowest BCUT2D eigenvalue weighted by molar-refractivity contribution is -0.209. The molecule has 0 radical (unpaired) electrons. The van der Waals surface area contributed by atoms with Crippen molar-refractivity contribution in [3.05, 3.63) is 48.0 Å². The van der Waals surface area contributed by atoms with Gasteiger partial charge in [0.05, 0.1) is 35.2 Å². The molecule has 13 heteroatoms. The number of pyridine rings is 2. The van der Waals surface area contributed by atoms with Crippen LogP contribution in [-0.2, 0) is 6.54 Å². The van der Waals surface area contributed by atoms with Gasteiger partial charge in [-0.25, -0.2) is 13.3 Å². The van der Waals surface area contributed by atoms with Gasteiger partial charge in [-0.2, -0.15) is 9.90 Å². The lowest BCUT2D eigenvalue weighted by Crippen LogP contribution is -2.70. The zero-order chi connectivity index (χ0) is 26.9. The topological polar surface area (TPSA) is 126 Å². The molecular weight excluding hydrogens is 508 g/mol. The van der Waals surface area contributed by atoms with Crippen LogP contribution in [0.4, 0.5) is 20.2 Å². The lowest BCUT2D eigenvalue weighted by atomic mass is 9.55. The fourth-order valence-electron chi connectivity index (χ4n) is 5.85. The van der Waals surface area contributed by atoms with E-state index in [1.165, 1.54) is 19.0 Å². The molecule has 1 saturated heterocycles. The van der Waals surface area contributed by atoms with Crippen molar-refractivity contribution in [1.82, 2.24) is 34.8 Å². The molecule has 7 rings (SSSR count). The lowest BCUT2D eigenvalue weighted by Gasteiger charge is -2.62. The average Bonchev–Trinajstić information content (AvgIpc) is 3.38. The van der Waals surface area contributed by atoms with Crippen molar-refractivity contribution in [3.63, 3.8) is 0 Å². The second-order valence-corrected chi connectivity index (χ2v) is 11.3. The van der Waals surface area contributed by atoms with Gasteiger partial charge in [-0.3, -0.25) is 9.78 Å². The first kappa shape index (κ1) is 24.1. The first-order chi connectivity index (χ1) is 18.7. The number of aliphatic hydroxyl groups is 1. The predicted octanol–water partition coefficient (Wildman–Crippen LogP) is 2.95. The number of fused-ring (bicyclic) bond motifs is 1. The minimum Gasteiger partial charge on any atom is -0.384 e. The maximum atomic E-state index is 13.3. The summed E-state index contributed by atoms with van der Waals surface area (Å²) in [4.78, 5) is 21.4. The molecule has 1 spiro atoms. The van der Waals surface area contributed by atoms with Crippen LogP contribution in [0, 0.1) is 18.3 Å². The second-order valence-electron chi connectivity index (χ2n) is 11.3. The highest BCUT2D eigenvalue weighted by Gasteiger charge is 2.63. The van der Waals surface area contributed by atoms with Crippen LogP contribution in [0.2, 0.25) is 0 Å². The van der Waals surface area contributed by atoms with Crippen LogP contribution in [-0.4, -0.2) is 70.9 Å². The number of rotatable bonds is 7. The van der Waals surface area contributed by atoms with Crippen molar-refractivity contribution in [2.75, 3.05) is 23.3 Å². The SMILES string of the molecule is Cc1ncc(-c2nnn(CC3CC3)n2)cc1NC(=O)c1cnn2ccc(N3CC4(C3)CC(O)(C(F)F)C4)cc12. The van der Waals surface area contributed by atoms with Crippen LogP contribution in [0.5, 0.6) is 0 Å². The molecule has 4 aromatic heterocycles. The van der Waals surface area contributed by atoms with Crippen LogP contribution in [0.3, 0.4) is 0 Å². The Balaban J connectivity index is 1.07. The monoisotopic (exact) mass is 535 g/mol. The van der Waals surface area contributed by atoms with Gasteiger partial charge in [0.25, 0.3) is 12.3 Å². The maximum absolute atomic E-state index is 13.3. The van der Waals surface area contributed by atoms with Gasteiger partial charge in [0.15, 0.2) is 0 Å². The number of nitrogens with zero attached hydrogens (tertiary/aromatic N) is 8. The quantitative estimate of drug-likeness (QED) is 0.370. The molecule has 3 aliphatic rings. The van der Waals surface area contributed by atoms with Crippen molar-refractivity contribution >= 4 is 22.8 Å². The van der Waals surface area contributed by atoms with E-state index in [4.69, 9.17) is 0 Å². The van der Waals surface area contributed by atoms with Crippen molar-refractivity contribution in [2.45, 2.75) is 51.2 Å². The largest absolute Gasteiger partial charge is 0.384 e. The first-order valence-corrected chi connectivity index (χ1v) is 13.0. The summed E-state index contributed by atoms with van der Waals surface area (Å²) in [7, 11) is 0. The van der Waals surface area contributed by atoms with E-state index in [9.17, 15) is 18.7 Å². The predicted molar refractivity (Wildman–Crippen MR) is 136 cm³/mol. The maximum Gasteiger partial charge on any atom is 0.266 e. The Morgan fingerprint density at radius 2 is 2.03 bits per heavy atom. The van der Waals surface area contributed by atoms with Crippen LogP contribution >= 0.6 is 0 Å². The molecule has 1 amide bonds. The third-order valence-electron chi connectivity index (χ3n) is 8.10. The number of halogens is 2. The van der Waals surface area contributed by atoms with Gasteiger partial charge in [-0.1, -0.05) is 0 Å². The number of hydrogen-bond donors (Lipinski definition) is 2. The Kier molecular flexibility index (Phi) is 5.25. The van der Waals surface area contributed by atoms with Crippen LogP contribution in [0.15, 0.2) is 36.8 Å². The molecule has 3 fully saturated rings. The summed E-state index contributed by atoms with van der Waals surface area (Å²) in [6, 6.07) is 5.54. The van der Waals surface area contributed by atoms with E-state index in [0.29, 0.717) is 52.9 Å². The van der Waals surface area contributed by atoms with Crippen molar-refractivity contribution in [3.8, 4) is 11.4 Å². The highest BCUT2D eigenvalue weighted by Crippen LogP contribution is 2.56. The van der Waals surface area contributed by atoms with Gasteiger partial charge in [-0.05, 0) is 61.9 Å². The molecular formula is C26H27F2N9O2. The Morgan fingerprint density at radius 1 is 1.23 bits per heavy atom. The summed E-state index contributed by atoms with van der Waals surface area (Å²) in [6.45, 7) is 3.73. The highest BCUT2D eigenvalue weighted by molar-refractivity contribution is 6.09. The Bertz CT molecular complexity index is 1580. The number of tetrazole rings is 1. The van der Waals surface area contributed by atoms with E-state index in [2.05, 4.69) is 35.7 Å². The standard InChI is InChI=1S/C26H27F2N9O2/c1-15-20(6-17(8-29-15)22-32-34-37(33-22)10-16-2-3-16)31-23(38)19-9-30-36-5-4-18(7-21(19)36)35-13-25(14-35)11-26(39,12-25)24(27)28/h4-9,16,24,39H,2-3,10-14H2,1H3,(H,31,38). The van der Waals surface area contributed by atoms with Gasteiger partial charge < -0.3 is 15.3 Å². The number of carbonyl (C=O) groups is 1. The fraction of sp³-hybridized carbons (Fsp3) is 0.462. The fourth-order valence-corrected chi connectivity index (χ4v) is 5.85. The molecule has 5 heterocycles. The first-order valence-electron chi connectivity index (χ1n) is 13.0. The van der Waals surface area contributed by atoms with E-state index in [1.807, 2.05) is 12.1 Å². The Morgan fingerprint density at radius 3 is 2.77 bits per heavy atom. The molecule has 0 atom stereocenters. The van der Waals surface area contributed by atoms with E-state index >= 15 is 0 Å². The summed E-state index contributed by atoms with van der Waals surface area (Å²) in [5.41, 5.74) is 1.58. The summed E-state index contributed by atoms with van der Waals surface area (Å²) < 4.78 is 27.7. The molecule has 202 valence electrons. The number of amides is 1. The highest BCUT2D eigenvalue weighted by atomic mass is 19.3. The van der Waals surface area contributed by atoms with Gasteiger partial charge in [-0.15, -0.1) is 10.2 Å². The number of aromatic nitrogens is 7. The van der Waals surface area contributed by atoms with Gasteiger partial charge >= 0.3 is 0 Å². The van der Waals surface area contributed by atoms with Crippen molar-refractivity contribution < 1.29 is 18.7 Å². The molecule has 39 heavy (non-hydrogen) atoms. The summed E-state index contributed by atoms with van der Waals surface area (Å²) in [6.07, 6.45) is 4.81. The van der Waals surface area contributed by atoms with Gasteiger partial charge in [0.1, 0.15) is 5.60 Å². The smallest absolute Gasteiger partial charge is 0.266 e. The van der Waals surface area contributed by atoms with Gasteiger partial charge in [0, 0.05) is 42.1 Å². The minimum atomic E-state index is -2.72. The summed E-state index contributed by atoms with van der Waals surface area (Å²) >= 11 is 0. The molecule has 0 aromatic carbocycles. The summed E-state index contributed by atoms with van der Waals surface area (Å²) in [5.74, 6) is 0.732. The van der Waals surface area contributed by atoms with E-state index < -0.39 is 12.0 Å². The molecule has 2 saturated carbocycles. The molecule has 2 aliphatic carbocycles. The van der Waals surface area contributed by atoms with Crippen molar-refractivity contribution in [1.29, 1.82) is 0 Å². The number of aryl methyl sites for hydroxylation is 1. The number of carbonyl (C=O) groups excluding carboxylic acids is 1. The zero-order valence-electron chi connectivity index (χ0n) is 21.3. The molecule has 0 bridgehead atoms. The van der Waals surface area contributed by atoms with Crippen LogP contribution in [0.25, 0.3) is 16.9 Å². The number of nitrogens with one attached hydrogen (secondary N) is 1. The summed E-state index contributed by atoms with van der Waals surface area (Å²) in [5, 5.41) is 30.0. The molecule has 1 aliphatic heterocycles. The van der Waals surface area contributed by atoms with Gasteiger partial charge in [0.2, 0.25) is 5.82 Å². The number of anilines is 2. The van der Waals surface area contributed by atoms with E-state index in [-0.39, 0.29) is 24.2 Å². The zero-order valence-corrected chi connectivity index (χ0v) is 21.3. The third kappa shape index (κ3) is 4.20. The van der Waals surface area contributed by atoms with Crippen LogP contribution < -0.4 is 10.2 Å². The molecule has 4 aromatic rings. The van der Waals surface area contributed by atoms with Crippen LogP contribution in [0.1, 0.15) is 41.7 Å². The molecule has 0 unspecified atom stereocenters. The Labute approximate surface area is 221 Å². The number of hydrogen-bond acceptors (Lipinski definition) is 8. The molecule has 2 N–H and O–H groups in total. The van der Waals surface area contributed by atoms with Crippen molar-refractivity contribution in [2.24, 2.45) is 11.3 Å².